The van der Waals surface area contributed by atoms with Gasteiger partial charge in [-0.2, -0.15) is 0 Å². The fourth-order valence-corrected chi connectivity index (χ4v) is 3.48. The molecule has 0 saturated heterocycles. The number of thiazole rings is 1. The Morgan fingerprint density at radius 1 is 1.24 bits per heavy atom. The van der Waals surface area contributed by atoms with E-state index >= 15 is 0 Å². The first-order valence-electron chi connectivity index (χ1n) is 7.60. The van der Waals surface area contributed by atoms with Crippen LogP contribution in [0.4, 0.5) is 0 Å². The molecule has 2 aromatic rings. The molecule has 0 radical (unpaired) electrons. The predicted molar refractivity (Wildman–Crippen MR) is 89.9 cm³/mol. The maximum Gasteiger partial charge on any atom is 0.0991 e. The van der Waals surface area contributed by atoms with E-state index in [0.29, 0.717) is 0 Å². The zero-order chi connectivity index (χ0) is 15.3. The van der Waals surface area contributed by atoms with Crippen LogP contribution in [-0.2, 0) is 18.4 Å². The molecular weight excluding hydrogens is 278 g/mol. The highest BCUT2D eigenvalue weighted by atomic mass is 32.1. The number of pyridine rings is 1. The van der Waals surface area contributed by atoms with Gasteiger partial charge in [0.15, 0.2) is 0 Å². The Morgan fingerprint density at radius 3 is 2.67 bits per heavy atom. The minimum atomic E-state index is 0.0854. The fraction of sp³-hybridized carbons (Fsp3) is 0.529. The van der Waals surface area contributed by atoms with Crippen LogP contribution in [-0.4, -0.2) is 16.5 Å². The monoisotopic (exact) mass is 303 g/mol. The highest BCUT2D eigenvalue weighted by Crippen LogP contribution is 2.30. The van der Waals surface area contributed by atoms with Crippen LogP contribution in [0.5, 0.6) is 0 Å². The Kier molecular flexibility index (Phi) is 5.48. The highest BCUT2D eigenvalue weighted by Gasteiger charge is 2.23. The van der Waals surface area contributed by atoms with Gasteiger partial charge in [-0.15, -0.1) is 11.3 Å². The number of rotatable bonds is 6. The predicted octanol–water partition coefficient (Wildman–Crippen LogP) is 3.93. The molecule has 0 aromatic carbocycles. The number of nitrogens with zero attached hydrogens (tertiary/aromatic N) is 2. The summed E-state index contributed by atoms with van der Waals surface area (Å²) >= 11 is 1.82. The molecule has 0 atom stereocenters. The molecule has 0 spiro atoms. The minimum absolute atomic E-state index is 0.0854. The number of aromatic nitrogens is 2. The van der Waals surface area contributed by atoms with Gasteiger partial charge in [0.25, 0.3) is 0 Å². The van der Waals surface area contributed by atoms with Gasteiger partial charge in [0.2, 0.25) is 0 Å². The van der Waals surface area contributed by atoms with Gasteiger partial charge in [-0.25, -0.2) is 4.98 Å². The first-order valence-corrected chi connectivity index (χ1v) is 8.42. The summed E-state index contributed by atoms with van der Waals surface area (Å²) in [6.45, 7) is 10.9. The van der Waals surface area contributed by atoms with E-state index in [0.717, 1.165) is 36.6 Å². The number of hydrogen-bond donors (Lipinski definition) is 1. The summed E-state index contributed by atoms with van der Waals surface area (Å²) in [5.74, 6) is 0. The molecule has 2 rings (SSSR count). The molecular formula is C17H25N3S. The molecule has 21 heavy (non-hydrogen) atoms. The fourth-order valence-electron chi connectivity index (χ4n) is 2.22. The summed E-state index contributed by atoms with van der Waals surface area (Å²) in [6.07, 6.45) is 3.82. The van der Waals surface area contributed by atoms with E-state index in [1.54, 1.807) is 0 Å². The maximum absolute atomic E-state index is 4.89. The molecule has 0 aliphatic heterocycles. The molecule has 114 valence electrons. The molecule has 0 amide bonds. The van der Waals surface area contributed by atoms with Crippen molar-refractivity contribution in [2.24, 2.45) is 0 Å². The zero-order valence-corrected chi connectivity index (χ0v) is 14.3. The second-order valence-corrected chi connectivity index (χ2v) is 7.47. The number of hydrogen-bond acceptors (Lipinski definition) is 4. The second-order valence-electron chi connectivity index (χ2n) is 6.30. The zero-order valence-electron chi connectivity index (χ0n) is 13.4. The van der Waals surface area contributed by atoms with Crippen LogP contribution < -0.4 is 5.32 Å². The molecule has 3 nitrogen and oxygen atoms in total. The molecule has 2 heterocycles. The first kappa shape index (κ1) is 16.1. The van der Waals surface area contributed by atoms with Crippen molar-refractivity contribution < 1.29 is 0 Å². The van der Waals surface area contributed by atoms with E-state index in [1.807, 2.05) is 29.7 Å². The molecule has 0 fully saturated rings. The van der Waals surface area contributed by atoms with Gasteiger partial charge in [-0.05, 0) is 25.1 Å². The van der Waals surface area contributed by atoms with E-state index in [9.17, 15) is 0 Å². The Labute approximate surface area is 131 Å². The van der Waals surface area contributed by atoms with Crippen molar-refractivity contribution in [3.63, 3.8) is 0 Å². The Bertz CT molecular complexity index is 555. The molecule has 0 unspecified atom stereocenters. The van der Waals surface area contributed by atoms with E-state index in [2.05, 4.69) is 44.1 Å². The Balaban J connectivity index is 2.19. The van der Waals surface area contributed by atoms with Crippen molar-refractivity contribution in [1.29, 1.82) is 0 Å². The average molecular weight is 303 g/mol. The van der Waals surface area contributed by atoms with Gasteiger partial charge in [-0.1, -0.05) is 33.8 Å². The third-order valence-electron chi connectivity index (χ3n) is 3.22. The van der Waals surface area contributed by atoms with Crippen LogP contribution >= 0.6 is 11.3 Å². The van der Waals surface area contributed by atoms with Crippen molar-refractivity contribution in [3.05, 3.63) is 45.7 Å². The molecule has 1 N–H and O–H groups in total. The lowest BCUT2D eigenvalue weighted by Gasteiger charge is -2.17. The van der Waals surface area contributed by atoms with Gasteiger partial charge in [0, 0.05) is 35.1 Å². The normalized spacial score (nSPS) is 11.8. The maximum atomic E-state index is 4.89. The van der Waals surface area contributed by atoms with E-state index < -0.39 is 0 Å². The summed E-state index contributed by atoms with van der Waals surface area (Å²) in [5, 5.41) is 4.66. The summed E-state index contributed by atoms with van der Waals surface area (Å²) < 4.78 is 0. The molecule has 0 saturated carbocycles. The summed E-state index contributed by atoms with van der Waals surface area (Å²) in [4.78, 5) is 10.7. The summed E-state index contributed by atoms with van der Waals surface area (Å²) in [7, 11) is 0. The van der Waals surface area contributed by atoms with Crippen LogP contribution in [0.25, 0.3) is 0 Å². The van der Waals surface area contributed by atoms with Crippen LogP contribution in [0, 0.1) is 0 Å². The van der Waals surface area contributed by atoms with Crippen molar-refractivity contribution in [2.45, 2.75) is 52.5 Å². The van der Waals surface area contributed by atoms with Gasteiger partial charge < -0.3 is 5.32 Å². The van der Waals surface area contributed by atoms with Gasteiger partial charge in [-0.3, -0.25) is 4.98 Å². The number of nitrogens with one attached hydrogen (secondary N) is 1. The van der Waals surface area contributed by atoms with Crippen LogP contribution in [0.2, 0.25) is 0 Å². The first-order chi connectivity index (χ1) is 10.0. The third kappa shape index (κ3) is 4.61. The third-order valence-corrected chi connectivity index (χ3v) is 4.28. The lowest BCUT2D eigenvalue weighted by atomic mass is 9.91. The molecule has 2 aromatic heterocycles. The smallest absolute Gasteiger partial charge is 0.0991 e. The van der Waals surface area contributed by atoms with Crippen molar-refractivity contribution >= 4 is 11.3 Å². The van der Waals surface area contributed by atoms with Crippen LogP contribution in [0.1, 0.15) is 55.4 Å². The summed E-state index contributed by atoms with van der Waals surface area (Å²) in [6, 6.07) is 6.05. The topological polar surface area (TPSA) is 37.8 Å². The largest absolute Gasteiger partial charge is 0.312 e. The second kappa shape index (κ2) is 7.14. The van der Waals surface area contributed by atoms with Crippen LogP contribution in [0.3, 0.4) is 0 Å². The quantitative estimate of drug-likeness (QED) is 0.822. The van der Waals surface area contributed by atoms with E-state index in [1.165, 1.54) is 10.6 Å². The highest BCUT2D eigenvalue weighted by molar-refractivity contribution is 7.11. The Morgan fingerprint density at radius 2 is 2.05 bits per heavy atom. The van der Waals surface area contributed by atoms with Gasteiger partial charge in [0.1, 0.15) is 0 Å². The van der Waals surface area contributed by atoms with E-state index in [4.69, 9.17) is 4.98 Å². The van der Waals surface area contributed by atoms with Crippen molar-refractivity contribution in [1.82, 2.24) is 15.3 Å². The van der Waals surface area contributed by atoms with E-state index in [-0.39, 0.29) is 5.41 Å². The van der Waals surface area contributed by atoms with Crippen molar-refractivity contribution in [2.75, 3.05) is 6.54 Å². The van der Waals surface area contributed by atoms with Gasteiger partial charge in [0.05, 0.1) is 10.7 Å². The standard InChI is InChI=1S/C17H25N3S/c1-5-9-18-12-14-16(17(2,3)4)20-15(21-14)11-13-8-6-7-10-19-13/h6-8,10,18H,5,9,11-12H2,1-4H3. The van der Waals surface area contributed by atoms with Crippen LogP contribution in [0.15, 0.2) is 24.4 Å². The molecule has 0 aliphatic rings. The minimum Gasteiger partial charge on any atom is -0.312 e. The Hall–Kier alpha value is -1.26. The van der Waals surface area contributed by atoms with Crippen molar-refractivity contribution in [3.8, 4) is 0 Å². The lowest BCUT2D eigenvalue weighted by molar-refractivity contribution is 0.557. The SMILES string of the molecule is CCCNCc1sc(Cc2ccccn2)nc1C(C)(C)C. The molecule has 0 aliphatic carbocycles. The summed E-state index contributed by atoms with van der Waals surface area (Å²) in [5.41, 5.74) is 2.39. The van der Waals surface area contributed by atoms with Gasteiger partial charge >= 0.3 is 0 Å². The molecule has 4 heteroatoms. The lowest BCUT2D eigenvalue weighted by Crippen LogP contribution is -2.19. The average Bonchev–Trinajstić information content (AvgIpc) is 2.83. The molecule has 0 bridgehead atoms.